The maximum atomic E-state index is 11.7. The molecule has 0 saturated heterocycles. The first kappa shape index (κ1) is 13.1. The number of ketones is 1. The van der Waals surface area contributed by atoms with Gasteiger partial charge in [0.2, 0.25) is 5.78 Å². The van der Waals surface area contributed by atoms with Crippen molar-refractivity contribution in [3.63, 3.8) is 0 Å². The lowest BCUT2D eigenvalue weighted by atomic mass is 9.90. The number of benzene rings is 1. The van der Waals surface area contributed by atoms with Gasteiger partial charge in [-0.15, -0.1) is 6.58 Å². The first-order valence-electron chi connectivity index (χ1n) is 5.56. The van der Waals surface area contributed by atoms with Crippen molar-refractivity contribution in [1.29, 1.82) is 0 Å². The molecule has 0 radical (unpaired) electrons. The lowest BCUT2D eigenvalue weighted by Gasteiger charge is -2.13. The molecule has 0 amide bonds. The third-order valence-corrected chi connectivity index (χ3v) is 2.71. The van der Waals surface area contributed by atoms with Crippen molar-refractivity contribution in [3.05, 3.63) is 54.1 Å². The number of carbonyl (C=O) groups excluding carboxylic acids is 1. The van der Waals surface area contributed by atoms with Crippen molar-refractivity contribution in [1.82, 2.24) is 0 Å². The van der Waals surface area contributed by atoms with E-state index in [2.05, 4.69) is 11.4 Å². The molecular weight excluding hydrogens is 212 g/mol. The fourth-order valence-corrected chi connectivity index (χ4v) is 1.69. The van der Waals surface area contributed by atoms with Gasteiger partial charge in [-0.05, 0) is 17.9 Å². The molecule has 1 rings (SSSR count). The van der Waals surface area contributed by atoms with Crippen LogP contribution >= 0.6 is 0 Å². The second kappa shape index (κ2) is 6.56. The molecule has 0 fully saturated rings. The second-order valence-electron chi connectivity index (χ2n) is 3.94. The molecule has 17 heavy (non-hydrogen) atoms. The van der Waals surface area contributed by atoms with Gasteiger partial charge < -0.3 is 5.53 Å². The average molecular weight is 228 g/mol. The molecule has 1 aromatic carbocycles. The van der Waals surface area contributed by atoms with Crippen molar-refractivity contribution in [2.24, 2.45) is 0 Å². The van der Waals surface area contributed by atoms with Gasteiger partial charge in [-0.25, -0.2) is 0 Å². The van der Waals surface area contributed by atoms with E-state index < -0.39 is 0 Å². The van der Waals surface area contributed by atoms with Gasteiger partial charge in [0.1, 0.15) is 0 Å². The van der Waals surface area contributed by atoms with E-state index in [9.17, 15) is 4.79 Å². The van der Waals surface area contributed by atoms with Crippen molar-refractivity contribution in [2.45, 2.75) is 25.7 Å². The number of allylic oxidation sites excluding steroid dienone is 1. The van der Waals surface area contributed by atoms with Gasteiger partial charge in [0.25, 0.3) is 0 Å². The van der Waals surface area contributed by atoms with Crippen LogP contribution in [-0.4, -0.2) is 16.3 Å². The summed E-state index contributed by atoms with van der Waals surface area (Å²) in [7, 11) is 0. The van der Waals surface area contributed by atoms with Crippen LogP contribution in [0.15, 0.2) is 43.0 Å². The highest BCUT2D eigenvalue weighted by atomic mass is 16.1. The van der Waals surface area contributed by atoms with E-state index in [4.69, 9.17) is 5.53 Å². The standard InChI is InChI=1S/C14H16N2O/c1-3-7-13(10-14(17)11(2)16-15)12-8-5-4-6-9-12/h3-6,8-9,13H,1,7,10H2,2H3. The van der Waals surface area contributed by atoms with E-state index in [1.54, 1.807) is 6.08 Å². The minimum Gasteiger partial charge on any atom is -0.361 e. The zero-order chi connectivity index (χ0) is 12.7. The molecule has 0 aliphatic rings. The molecule has 0 bridgehead atoms. The van der Waals surface area contributed by atoms with Crippen LogP contribution in [-0.2, 0) is 4.79 Å². The number of carbonyl (C=O) groups is 1. The van der Waals surface area contributed by atoms with Crippen LogP contribution < -0.4 is 0 Å². The van der Waals surface area contributed by atoms with E-state index in [-0.39, 0.29) is 17.4 Å². The molecule has 1 atom stereocenters. The lowest BCUT2D eigenvalue weighted by Crippen LogP contribution is -2.15. The van der Waals surface area contributed by atoms with Gasteiger partial charge in [0, 0.05) is 13.3 Å². The molecular formula is C14H16N2O. The molecule has 1 aromatic rings. The van der Waals surface area contributed by atoms with E-state index >= 15 is 0 Å². The third kappa shape index (κ3) is 3.82. The van der Waals surface area contributed by atoms with E-state index in [1.165, 1.54) is 6.92 Å². The maximum Gasteiger partial charge on any atom is 0.331 e. The highest BCUT2D eigenvalue weighted by Gasteiger charge is 2.20. The molecule has 88 valence electrons. The van der Waals surface area contributed by atoms with Gasteiger partial charge in [-0.2, -0.15) is 4.79 Å². The number of rotatable bonds is 6. The van der Waals surface area contributed by atoms with Gasteiger partial charge in [0.05, 0.1) is 0 Å². The molecule has 3 heteroatoms. The molecule has 0 saturated carbocycles. The Kier molecular flexibility index (Phi) is 5.05. The third-order valence-electron chi connectivity index (χ3n) is 2.71. The number of Topliss-reactive ketones (excluding diaryl/α,β-unsaturated/α-hetero) is 1. The summed E-state index contributed by atoms with van der Waals surface area (Å²) in [5, 5.41) is 0. The van der Waals surface area contributed by atoms with Gasteiger partial charge >= 0.3 is 5.71 Å². The Labute approximate surface area is 101 Å². The highest BCUT2D eigenvalue weighted by Crippen LogP contribution is 2.23. The summed E-state index contributed by atoms with van der Waals surface area (Å²) in [6, 6.07) is 9.82. The van der Waals surface area contributed by atoms with Gasteiger partial charge in [-0.1, -0.05) is 36.4 Å². The van der Waals surface area contributed by atoms with Crippen LogP contribution in [0.4, 0.5) is 0 Å². The largest absolute Gasteiger partial charge is 0.361 e. The Balaban J connectivity index is 2.84. The second-order valence-corrected chi connectivity index (χ2v) is 3.94. The summed E-state index contributed by atoms with van der Waals surface area (Å²) in [5.74, 6) is -0.0406. The van der Waals surface area contributed by atoms with Crippen LogP contribution in [0.3, 0.4) is 0 Å². The molecule has 0 N–H and O–H groups in total. The number of hydrogen-bond acceptors (Lipinski definition) is 1. The summed E-state index contributed by atoms with van der Waals surface area (Å²) >= 11 is 0. The topological polar surface area (TPSA) is 53.5 Å². The number of nitrogens with zero attached hydrogens (tertiary/aromatic N) is 2. The Bertz CT molecular complexity index is 445. The predicted molar refractivity (Wildman–Crippen MR) is 67.9 cm³/mol. The van der Waals surface area contributed by atoms with Crippen molar-refractivity contribution in [2.75, 3.05) is 0 Å². The van der Waals surface area contributed by atoms with Gasteiger partial charge in [-0.3, -0.25) is 4.79 Å². The molecule has 0 spiro atoms. The molecule has 1 unspecified atom stereocenters. The summed E-state index contributed by atoms with van der Waals surface area (Å²) in [5.41, 5.74) is 9.82. The molecule has 0 aliphatic heterocycles. The zero-order valence-electron chi connectivity index (χ0n) is 9.97. The summed E-state index contributed by atoms with van der Waals surface area (Å²) in [6.07, 6.45) is 2.87. The van der Waals surface area contributed by atoms with Crippen LogP contribution in [0.25, 0.3) is 5.53 Å². The molecule has 0 aromatic heterocycles. The monoisotopic (exact) mass is 228 g/mol. The molecule has 3 nitrogen and oxygen atoms in total. The van der Waals surface area contributed by atoms with Gasteiger partial charge in [0.15, 0.2) is 0 Å². The minimum absolute atomic E-state index is 0.0953. The summed E-state index contributed by atoms with van der Waals surface area (Å²) in [4.78, 5) is 14.6. The van der Waals surface area contributed by atoms with Crippen molar-refractivity contribution in [3.8, 4) is 0 Å². The Hall–Kier alpha value is -1.99. The fourth-order valence-electron chi connectivity index (χ4n) is 1.69. The Morgan fingerprint density at radius 2 is 2.12 bits per heavy atom. The van der Waals surface area contributed by atoms with Crippen LogP contribution in [0.2, 0.25) is 0 Å². The van der Waals surface area contributed by atoms with E-state index in [0.29, 0.717) is 6.42 Å². The maximum absolute atomic E-state index is 11.7. The summed E-state index contributed by atoms with van der Waals surface area (Å²) < 4.78 is 0. The zero-order valence-corrected chi connectivity index (χ0v) is 9.97. The normalized spacial score (nSPS) is 11.4. The minimum atomic E-state index is -0.136. The SMILES string of the molecule is C=CCC(CC(=O)C(C)=[N+]=[N-])c1ccccc1. The average Bonchev–Trinajstić information content (AvgIpc) is 2.38. The van der Waals surface area contributed by atoms with Crippen LogP contribution in [0, 0.1) is 0 Å². The van der Waals surface area contributed by atoms with Crippen molar-refractivity contribution < 1.29 is 9.58 Å². The molecule has 0 aliphatic carbocycles. The van der Waals surface area contributed by atoms with E-state index in [1.807, 2.05) is 30.3 Å². The number of hydrogen-bond donors (Lipinski definition) is 0. The van der Waals surface area contributed by atoms with Crippen LogP contribution in [0.5, 0.6) is 0 Å². The van der Waals surface area contributed by atoms with Crippen LogP contribution in [0.1, 0.15) is 31.2 Å². The Morgan fingerprint density at radius 3 is 2.65 bits per heavy atom. The first-order chi connectivity index (χ1) is 8.19. The quantitative estimate of drug-likeness (QED) is 0.319. The van der Waals surface area contributed by atoms with Crippen molar-refractivity contribution >= 4 is 11.5 Å². The smallest absolute Gasteiger partial charge is 0.331 e. The Morgan fingerprint density at radius 1 is 1.47 bits per heavy atom. The predicted octanol–water partition coefficient (Wildman–Crippen LogP) is 3.00. The van der Waals surface area contributed by atoms with E-state index in [0.717, 1.165) is 12.0 Å². The molecule has 0 heterocycles. The first-order valence-corrected chi connectivity index (χ1v) is 5.56. The highest BCUT2D eigenvalue weighted by molar-refractivity contribution is 6.36. The summed E-state index contributed by atoms with van der Waals surface area (Å²) in [6.45, 7) is 5.22. The fraction of sp³-hybridized carbons (Fsp3) is 0.286. The lowest BCUT2D eigenvalue weighted by molar-refractivity contribution is -0.117.